The van der Waals surface area contributed by atoms with Crippen LogP contribution in [0.2, 0.25) is 0 Å². The lowest BCUT2D eigenvalue weighted by Gasteiger charge is -2.37. The van der Waals surface area contributed by atoms with Crippen molar-refractivity contribution in [2.45, 2.75) is 31.9 Å². The van der Waals surface area contributed by atoms with Crippen molar-refractivity contribution in [1.29, 1.82) is 0 Å². The summed E-state index contributed by atoms with van der Waals surface area (Å²) in [5, 5.41) is 14.3. The van der Waals surface area contributed by atoms with Gasteiger partial charge in [-0.1, -0.05) is 6.92 Å². The summed E-state index contributed by atoms with van der Waals surface area (Å²) in [6, 6.07) is 0. The van der Waals surface area contributed by atoms with E-state index in [0.717, 1.165) is 31.8 Å². The smallest absolute Gasteiger partial charge is 0.329 e. The Labute approximate surface area is 128 Å². The van der Waals surface area contributed by atoms with E-state index in [9.17, 15) is 10.1 Å². The molecule has 1 aromatic rings. The molecule has 0 atom stereocenters. The summed E-state index contributed by atoms with van der Waals surface area (Å²) in [5.41, 5.74) is -0.0280. The Morgan fingerprint density at radius 2 is 2.33 bits per heavy atom. The molecule has 1 N–H and O–H groups in total. The lowest BCUT2D eigenvalue weighted by atomic mass is 10.2. The molecule has 0 spiro atoms. The lowest BCUT2D eigenvalue weighted by molar-refractivity contribution is -0.384. The van der Waals surface area contributed by atoms with E-state index in [4.69, 9.17) is 0 Å². The Balaban J connectivity index is 2.31. The molecule has 0 radical (unpaired) electrons. The van der Waals surface area contributed by atoms with Crippen molar-refractivity contribution in [1.82, 2.24) is 9.97 Å². The zero-order chi connectivity index (χ0) is 15.5. The summed E-state index contributed by atoms with van der Waals surface area (Å²) in [4.78, 5) is 21.2. The average Bonchev–Trinajstić information content (AvgIpc) is 2.43. The third-order valence-corrected chi connectivity index (χ3v) is 4.50. The predicted octanol–water partition coefficient (Wildman–Crippen LogP) is 2.54. The number of nitro groups is 1. The Morgan fingerprint density at radius 3 is 2.95 bits per heavy atom. The number of hydrogen-bond acceptors (Lipinski definition) is 7. The van der Waals surface area contributed by atoms with Gasteiger partial charge in [-0.25, -0.2) is 4.98 Å². The van der Waals surface area contributed by atoms with Gasteiger partial charge in [-0.05, 0) is 20.3 Å². The van der Waals surface area contributed by atoms with Crippen LogP contribution in [0.3, 0.4) is 0 Å². The van der Waals surface area contributed by atoms with E-state index in [2.05, 4.69) is 29.1 Å². The second-order valence-corrected chi connectivity index (χ2v) is 7.42. The second kappa shape index (κ2) is 6.46. The molecule has 1 aliphatic heterocycles. The first kappa shape index (κ1) is 15.8. The molecule has 0 aliphatic carbocycles. The summed E-state index contributed by atoms with van der Waals surface area (Å²) in [6.45, 7) is 8.59. The first-order chi connectivity index (χ1) is 9.93. The molecule has 1 aliphatic rings. The number of nitrogens with one attached hydrogen (secondary N) is 1. The minimum Gasteiger partial charge on any atom is -0.354 e. The highest BCUT2D eigenvalue weighted by molar-refractivity contribution is 8.00. The highest BCUT2D eigenvalue weighted by Gasteiger charge is 2.32. The van der Waals surface area contributed by atoms with Crippen molar-refractivity contribution in [3.8, 4) is 0 Å². The van der Waals surface area contributed by atoms with Crippen LogP contribution in [0, 0.1) is 10.1 Å². The normalized spacial score (nSPS) is 17.6. The van der Waals surface area contributed by atoms with Gasteiger partial charge in [-0.15, -0.1) is 0 Å². The number of rotatable bonds is 5. The van der Waals surface area contributed by atoms with Crippen molar-refractivity contribution >= 4 is 29.2 Å². The number of hydrogen-bond donors (Lipinski definition) is 1. The molecular formula is C13H21N5O2S. The molecule has 116 valence electrons. The minimum absolute atomic E-state index is 0.0280. The van der Waals surface area contributed by atoms with Gasteiger partial charge in [-0.3, -0.25) is 10.1 Å². The van der Waals surface area contributed by atoms with Gasteiger partial charge in [0.2, 0.25) is 11.8 Å². The van der Waals surface area contributed by atoms with Gasteiger partial charge in [0.05, 0.1) is 4.92 Å². The Hall–Kier alpha value is -1.57. The lowest BCUT2D eigenvalue weighted by Crippen LogP contribution is -2.43. The van der Waals surface area contributed by atoms with E-state index in [1.54, 1.807) is 0 Å². The van der Waals surface area contributed by atoms with E-state index in [0.29, 0.717) is 11.8 Å². The molecule has 8 heteroatoms. The van der Waals surface area contributed by atoms with Crippen molar-refractivity contribution in [3.63, 3.8) is 0 Å². The Bertz CT molecular complexity index is 523. The first-order valence-electron chi connectivity index (χ1n) is 7.07. The number of thioether (sulfide) groups is 1. The number of aromatic nitrogens is 2. The number of nitrogens with zero attached hydrogens (tertiary/aromatic N) is 4. The third-order valence-electron chi connectivity index (χ3n) is 3.21. The highest BCUT2D eigenvalue weighted by Crippen LogP contribution is 2.35. The average molecular weight is 311 g/mol. The Morgan fingerprint density at radius 1 is 1.57 bits per heavy atom. The molecule has 0 saturated carbocycles. The summed E-state index contributed by atoms with van der Waals surface area (Å²) in [7, 11) is 0. The van der Waals surface area contributed by atoms with Crippen molar-refractivity contribution in [3.05, 3.63) is 16.3 Å². The fraction of sp³-hybridized carbons (Fsp3) is 0.692. The van der Waals surface area contributed by atoms with Gasteiger partial charge < -0.3 is 10.2 Å². The molecular weight excluding hydrogens is 290 g/mol. The summed E-state index contributed by atoms with van der Waals surface area (Å²) in [6.07, 6.45) is 2.25. The quantitative estimate of drug-likeness (QED) is 0.660. The third kappa shape index (κ3) is 3.96. The topological polar surface area (TPSA) is 84.2 Å². The fourth-order valence-corrected chi connectivity index (χ4v) is 3.36. The van der Waals surface area contributed by atoms with Crippen LogP contribution >= 0.6 is 11.8 Å². The van der Waals surface area contributed by atoms with Crippen LogP contribution in [-0.4, -0.2) is 45.0 Å². The van der Waals surface area contributed by atoms with Crippen LogP contribution in [-0.2, 0) is 0 Å². The maximum atomic E-state index is 11.2. The van der Waals surface area contributed by atoms with Crippen LogP contribution in [0.4, 0.5) is 17.5 Å². The van der Waals surface area contributed by atoms with Crippen LogP contribution in [0.1, 0.15) is 27.2 Å². The van der Waals surface area contributed by atoms with E-state index in [1.807, 2.05) is 23.6 Å². The molecule has 1 fully saturated rings. The van der Waals surface area contributed by atoms with Crippen molar-refractivity contribution < 1.29 is 4.92 Å². The molecule has 21 heavy (non-hydrogen) atoms. The van der Waals surface area contributed by atoms with E-state index in [-0.39, 0.29) is 10.4 Å². The van der Waals surface area contributed by atoms with Crippen LogP contribution in [0.15, 0.2) is 6.20 Å². The maximum Gasteiger partial charge on any atom is 0.329 e. The van der Waals surface area contributed by atoms with Crippen LogP contribution < -0.4 is 10.2 Å². The van der Waals surface area contributed by atoms with Gasteiger partial charge >= 0.3 is 5.69 Å². The molecule has 2 heterocycles. The summed E-state index contributed by atoms with van der Waals surface area (Å²) >= 11 is 1.88. The molecule has 0 unspecified atom stereocenters. The first-order valence-corrected chi connectivity index (χ1v) is 8.06. The van der Waals surface area contributed by atoms with Gasteiger partial charge in [0, 0.05) is 30.1 Å². The summed E-state index contributed by atoms with van der Waals surface area (Å²) < 4.78 is 0.0636. The van der Waals surface area contributed by atoms with Crippen molar-refractivity contribution in [2.75, 3.05) is 35.6 Å². The van der Waals surface area contributed by atoms with Crippen LogP contribution in [0.5, 0.6) is 0 Å². The molecule has 0 amide bonds. The SMILES string of the molecule is CCCNc1ncc([N+](=O)[O-])c(N2CCSC(C)(C)C2)n1. The monoisotopic (exact) mass is 311 g/mol. The maximum absolute atomic E-state index is 11.2. The summed E-state index contributed by atoms with van der Waals surface area (Å²) in [5.74, 6) is 1.81. The molecule has 1 saturated heterocycles. The van der Waals surface area contributed by atoms with Gasteiger partial charge in [0.1, 0.15) is 6.20 Å². The molecule has 1 aromatic heterocycles. The van der Waals surface area contributed by atoms with Gasteiger partial charge in [0.15, 0.2) is 0 Å². The molecule has 2 rings (SSSR count). The van der Waals surface area contributed by atoms with Gasteiger partial charge in [0.25, 0.3) is 0 Å². The van der Waals surface area contributed by atoms with E-state index < -0.39 is 4.92 Å². The predicted molar refractivity (Wildman–Crippen MR) is 86.2 cm³/mol. The highest BCUT2D eigenvalue weighted by atomic mass is 32.2. The Kier molecular flexibility index (Phi) is 4.87. The minimum atomic E-state index is -0.409. The van der Waals surface area contributed by atoms with Gasteiger partial charge in [-0.2, -0.15) is 16.7 Å². The van der Waals surface area contributed by atoms with Crippen molar-refractivity contribution in [2.24, 2.45) is 0 Å². The fourth-order valence-electron chi connectivity index (χ4n) is 2.25. The molecule has 0 aromatic carbocycles. The van der Waals surface area contributed by atoms with E-state index in [1.165, 1.54) is 6.20 Å². The second-order valence-electron chi connectivity index (χ2n) is 5.62. The van der Waals surface area contributed by atoms with E-state index >= 15 is 0 Å². The largest absolute Gasteiger partial charge is 0.354 e. The molecule has 0 bridgehead atoms. The number of anilines is 2. The van der Waals surface area contributed by atoms with Crippen LogP contribution in [0.25, 0.3) is 0 Å². The zero-order valence-corrected chi connectivity index (χ0v) is 13.4. The zero-order valence-electron chi connectivity index (χ0n) is 12.6. The molecule has 7 nitrogen and oxygen atoms in total. The standard InChI is InChI=1S/C13H21N5O2S/c1-4-5-14-12-15-8-10(18(19)20)11(16-12)17-6-7-21-13(2,3)9-17/h8H,4-7,9H2,1-3H3,(H,14,15,16).